The maximum Gasteiger partial charge on any atom is 0.417 e. The molecule has 0 N–H and O–H groups in total. The monoisotopic (exact) mass is 468 g/mol. The number of hydrogen-bond donors (Lipinski definition) is 0. The van der Waals surface area contributed by atoms with Crippen molar-refractivity contribution in [2.75, 3.05) is 6.54 Å². The summed E-state index contributed by atoms with van der Waals surface area (Å²) in [6, 6.07) is 9.26. The second-order valence-electron chi connectivity index (χ2n) is 8.81. The average molecular weight is 468 g/mol. The van der Waals surface area contributed by atoms with Crippen molar-refractivity contribution in [2.24, 2.45) is 5.92 Å². The molecule has 9 heteroatoms. The molecule has 5 heterocycles. The minimum Gasteiger partial charge on any atom is -0.472 e. The van der Waals surface area contributed by atoms with Crippen LogP contribution in [0.25, 0.3) is 11.4 Å². The van der Waals surface area contributed by atoms with E-state index in [1.807, 2.05) is 24.0 Å². The number of carbonyl (C=O) groups excluding carboxylic acids is 1. The highest BCUT2D eigenvalue weighted by atomic mass is 19.4. The SMILES string of the molecule is Cc1cccnc1-c1ncccc1C(=O)N1CC2CCC1C(Oc1ccc(C(F)(F)F)cn1)C2. The Morgan fingerprint density at radius 2 is 1.79 bits per heavy atom. The second kappa shape index (κ2) is 8.70. The molecular weight excluding hydrogens is 445 g/mol. The standard InChI is InChI=1S/C25H23F3N4O2/c1-15-4-2-10-29-22(15)23-18(5-3-11-30-23)24(33)32-14-16-6-8-19(32)20(12-16)34-21-9-7-17(13-31-21)25(26,27)28/h2-5,7,9-11,13,16,19-20H,6,8,12,14H2,1H3. The summed E-state index contributed by atoms with van der Waals surface area (Å²) in [5, 5.41) is 0. The van der Waals surface area contributed by atoms with Gasteiger partial charge < -0.3 is 9.64 Å². The molecule has 0 radical (unpaired) electrons. The van der Waals surface area contributed by atoms with E-state index < -0.39 is 11.7 Å². The first-order valence-electron chi connectivity index (χ1n) is 11.2. The third-order valence-electron chi connectivity index (χ3n) is 6.59. The van der Waals surface area contributed by atoms with Gasteiger partial charge in [-0.15, -0.1) is 0 Å². The summed E-state index contributed by atoms with van der Waals surface area (Å²) in [6.45, 7) is 2.54. The summed E-state index contributed by atoms with van der Waals surface area (Å²) in [5.41, 5.74) is 1.77. The molecule has 3 aromatic rings. The lowest BCUT2D eigenvalue weighted by Crippen LogP contribution is -2.59. The predicted octanol–water partition coefficient (Wildman–Crippen LogP) is 4.94. The maximum absolute atomic E-state index is 13.7. The molecule has 0 aromatic carbocycles. The fraction of sp³-hybridized carbons (Fsp3) is 0.360. The first-order valence-corrected chi connectivity index (χ1v) is 11.2. The van der Waals surface area contributed by atoms with Crippen molar-refractivity contribution in [3.8, 4) is 17.3 Å². The highest BCUT2D eigenvalue weighted by molar-refractivity contribution is 6.00. The lowest BCUT2D eigenvalue weighted by Gasteiger charge is -2.49. The summed E-state index contributed by atoms with van der Waals surface area (Å²) < 4.78 is 44.5. The molecule has 0 spiro atoms. The smallest absolute Gasteiger partial charge is 0.417 e. The number of nitrogens with zero attached hydrogens (tertiary/aromatic N) is 4. The minimum atomic E-state index is -4.45. The van der Waals surface area contributed by atoms with Gasteiger partial charge in [0.05, 0.1) is 22.9 Å². The Hall–Kier alpha value is -3.49. The van der Waals surface area contributed by atoms with Crippen LogP contribution in [0, 0.1) is 12.8 Å². The zero-order chi connectivity index (χ0) is 23.9. The molecule has 1 amide bonds. The molecule has 3 aromatic heterocycles. The number of rotatable bonds is 4. The van der Waals surface area contributed by atoms with Gasteiger partial charge in [0.15, 0.2) is 0 Å². The van der Waals surface area contributed by atoms with E-state index >= 15 is 0 Å². The first-order chi connectivity index (χ1) is 16.3. The van der Waals surface area contributed by atoms with E-state index in [0.29, 0.717) is 23.5 Å². The van der Waals surface area contributed by atoms with Crippen molar-refractivity contribution in [1.82, 2.24) is 19.9 Å². The molecule has 3 atom stereocenters. The number of piperidine rings is 2. The average Bonchev–Trinajstić information content (AvgIpc) is 2.84. The van der Waals surface area contributed by atoms with Crippen molar-refractivity contribution in [2.45, 2.75) is 44.5 Å². The highest BCUT2D eigenvalue weighted by Crippen LogP contribution is 2.39. The molecule has 2 saturated heterocycles. The molecule has 3 unspecified atom stereocenters. The van der Waals surface area contributed by atoms with Crippen LogP contribution in [-0.4, -0.2) is 44.4 Å². The number of alkyl halides is 3. The Morgan fingerprint density at radius 3 is 2.47 bits per heavy atom. The largest absolute Gasteiger partial charge is 0.472 e. The summed E-state index contributed by atoms with van der Waals surface area (Å²) in [5.74, 6) is 0.241. The van der Waals surface area contributed by atoms with Gasteiger partial charge in [0.1, 0.15) is 11.8 Å². The van der Waals surface area contributed by atoms with Crippen LogP contribution < -0.4 is 4.74 Å². The molecule has 3 fully saturated rings. The molecule has 34 heavy (non-hydrogen) atoms. The van der Waals surface area contributed by atoms with Gasteiger partial charge in [0.25, 0.3) is 5.91 Å². The molecule has 6 nitrogen and oxygen atoms in total. The summed E-state index contributed by atoms with van der Waals surface area (Å²) in [7, 11) is 0. The van der Waals surface area contributed by atoms with Crippen molar-refractivity contribution < 1.29 is 22.7 Å². The Balaban J connectivity index is 1.40. The number of aromatic nitrogens is 3. The number of hydrogen-bond acceptors (Lipinski definition) is 5. The quantitative estimate of drug-likeness (QED) is 0.543. The van der Waals surface area contributed by atoms with Crippen LogP contribution in [0.1, 0.15) is 40.7 Å². The number of pyridine rings is 3. The van der Waals surface area contributed by atoms with Crippen LogP contribution in [0.15, 0.2) is 55.0 Å². The van der Waals surface area contributed by atoms with Crippen LogP contribution in [-0.2, 0) is 6.18 Å². The van der Waals surface area contributed by atoms with E-state index in [-0.39, 0.29) is 29.9 Å². The predicted molar refractivity (Wildman–Crippen MR) is 118 cm³/mol. The van der Waals surface area contributed by atoms with Gasteiger partial charge in [-0.1, -0.05) is 6.07 Å². The number of aryl methyl sites for hydroxylation is 1. The fourth-order valence-corrected chi connectivity index (χ4v) is 4.92. The normalized spacial score (nSPS) is 22.0. The molecule has 1 saturated carbocycles. The van der Waals surface area contributed by atoms with E-state index in [9.17, 15) is 18.0 Å². The lowest BCUT2D eigenvalue weighted by atomic mass is 9.77. The molecule has 1 aliphatic carbocycles. The molecular formula is C25H23F3N4O2. The van der Waals surface area contributed by atoms with Crippen LogP contribution in [0.5, 0.6) is 5.88 Å². The molecule has 3 aliphatic rings. The van der Waals surface area contributed by atoms with Crippen LogP contribution in [0.4, 0.5) is 13.2 Å². The minimum absolute atomic E-state index is 0.129. The Bertz CT molecular complexity index is 1200. The zero-order valence-corrected chi connectivity index (χ0v) is 18.5. The topological polar surface area (TPSA) is 68.2 Å². The number of carbonyl (C=O) groups is 1. The van der Waals surface area contributed by atoms with Crippen molar-refractivity contribution >= 4 is 5.91 Å². The van der Waals surface area contributed by atoms with Gasteiger partial charge in [0.2, 0.25) is 5.88 Å². The lowest BCUT2D eigenvalue weighted by molar-refractivity contribution is -0.137. The van der Waals surface area contributed by atoms with Gasteiger partial charge in [-0.25, -0.2) is 4.98 Å². The maximum atomic E-state index is 13.7. The zero-order valence-electron chi connectivity index (χ0n) is 18.5. The number of halogens is 3. The second-order valence-corrected chi connectivity index (χ2v) is 8.81. The highest BCUT2D eigenvalue weighted by Gasteiger charge is 2.45. The van der Waals surface area contributed by atoms with E-state index in [1.54, 1.807) is 24.5 Å². The van der Waals surface area contributed by atoms with Crippen LogP contribution in [0.3, 0.4) is 0 Å². The molecule has 176 valence electrons. The van der Waals surface area contributed by atoms with Gasteiger partial charge in [0, 0.05) is 31.2 Å². The van der Waals surface area contributed by atoms with Crippen molar-refractivity contribution in [3.63, 3.8) is 0 Å². The first kappa shape index (κ1) is 22.3. The molecule has 6 rings (SSSR count). The van der Waals surface area contributed by atoms with E-state index in [1.165, 1.54) is 6.07 Å². The Morgan fingerprint density at radius 1 is 1.03 bits per heavy atom. The van der Waals surface area contributed by atoms with Crippen LogP contribution in [0.2, 0.25) is 0 Å². The fourth-order valence-electron chi connectivity index (χ4n) is 4.92. The molecule has 2 aliphatic heterocycles. The van der Waals surface area contributed by atoms with Crippen molar-refractivity contribution in [3.05, 3.63) is 71.7 Å². The Kier molecular flexibility index (Phi) is 5.71. The number of amides is 1. The van der Waals surface area contributed by atoms with Gasteiger partial charge in [-0.05, 0) is 61.9 Å². The van der Waals surface area contributed by atoms with E-state index in [4.69, 9.17) is 4.74 Å². The Labute approximate surface area is 194 Å². The third kappa shape index (κ3) is 4.22. The van der Waals surface area contributed by atoms with Gasteiger partial charge in [-0.2, -0.15) is 13.2 Å². The third-order valence-corrected chi connectivity index (χ3v) is 6.59. The summed E-state index contributed by atoms with van der Waals surface area (Å²) in [6.07, 6.45) is 1.78. The number of fused-ring (bicyclic) bond motifs is 3. The van der Waals surface area contributed by atoms with Crippen molar-refractivity contribution in [1.29, 1.82) is 0 Å². The van der Waals surface area contributed by atoms with E-state index in [0.717, 1.165) is 37.1 Å². The summed E-state index contributed by atoms with van der Waals surface area (Å²) >= 11 is 0. The van der Waals surface area contributed by atoms with Crippen LogP contribution >= 0.6 is 0 Å². The molecule has 2 bridgehead atoms. The summed E-state index contributed by atoms with van der Waals surface area (Å²) in [4.78, 5) is 28.3. The van der Waals surface area contributed by atoms with Gasteiger partial charge >= 0.3 is 6.18 Å². The van der Waals surface area contributed by atoms with E-state index in [2.05, 4.69) is 15.0 Å². The number of ether oxygens (including phenoxy) is 1. The van der Waals surface area contributed by atoms with Gasteiger partial charge in [-0.3, -0.25) is 14.8 Å².